The number of hydrogen-bond acceptors (Lipinski definition) is 9. The van der Waals surface area contributed by atoms with Crippen LogP contribution in [0.4, 0.5) is 19.0 Å². The predicted octanol–water partition coefficient (Wildman–Crippen LogP) is 1.36. The Morgan fingerprint density at radius 1 is 1.30 bits per heavy atom. The number of halogens is 3. The third-order valence-corrected chi connectivity index (χ3v) is 6.23. The topological polar surface area (TPSA) is 129 Å². The molecule has 10 nitrogen and oxygen atoms in total. The number of hydrogen-bond donors (Lipinski definition) is 3. The standard InChI is InChI=1S/C19H22F3N7O3S/c1-2-3-11-6-12-15(24-14(25-17(12)33-11)16(32)23-7-10(31)9-30)28-4-5-29-13(8-28)26-27-18(29)19(20,21)22/h6,10,30-31H,2-5,7-9H2,1H3,(H,23,32). The molecule has 0 aromatic carbocycles. The summed E-state index contributed by atoms with van der Waals surface area (Å²) in [4.78, 5) is 24.8. The highest BCUT2D eigenvalue weighted by molar-refractivity contribution is 7.18. The summed E-state index contributed by atoms with van der Waals surface area (Å²) in [6, 6.07) is 1.94. The summed E-state index contributed by atoms with van der Waals surface area (Å²) in [6.07, 6.45) is -3.99. The number of thiophene rings is 1. The van der Waals surface area contributed by atoms with E-state index >= 15 is 0 Å². The molecule has 0 bridgehead atoms. The summed E-state index contributed by atoms with van der Waals surface area (Å²) in [5.41, 5.74) is 0. The Bertz CT molecular complexity index is 1160. The minimum atomic E-state index is -4.59. The first kappa shape index (κ1) is 23.3. The number of alkyl halides is 3. The molecule has 4 heterocycles. The summed E-state index contributed by atoms with van der Waals surface area (Å²) in [7, 11) is 0. The van der Waals surface area contributed by atoms with Crippen LogP contribution >= 0.6 is 11.3 Å². The summed E-state index contributed by atoms with van der Waals surface area (Å²) < 4.78 is 40.6. The van der Waals surface area contributed by atoms with Crippen LogP contribution in [-0.4, -0.2) is 66.7 Å². The predicted molar refractivity (Wildman–Crippen MR) is 113 cm³/mol. The van der Waals surface area contributed by atoms with E-state index in [2.05, 4.69) is 25.5 Å². The second-order valence-corrected chi connectivity index (χ2v) is 8.72. The van der Waals surface area contributed by atoms with Gasteiger partial charge in [-0.25, -0.2) is 9.97 Å². The number of aryl methyl sites for hydroxylation is 1. The number of rotatable bonds is 7. The number of aliphatic hydroxyl groups is 2. The fraction of sp³-hybridized carbons (Fsp3) is 0.526. The molecule has 1 amide bonds. The Morgan fingerprint density at radius 2 is 2.09 bits per heavy atom. The summed E-state index contributed by atoms with van der Waals surface area (Å²) >= 11 is 1.42. The zero-order valence-electron chi connectivity index (χ0n) is 17.6. The Labute approximate surface area is 190 Å². The lowest BCUT2D eigenvalue weighted by Gasteiger charge is -2.29. The first-order valence-corrected chi connectivity index (χ1v) is 11.1. The maximum atomic E-state index is 13.2. The van der Waals surface area contributed by atoms with Crippen molar-refractivity contribution in [2.24, 2.45) is 0 Å². The van der Waals surface area contributed by atoms with Crippen LogP contribution in [0.3, 0.4) is 0 Å². The van der Waals surface area contributed by atoms with E-state index < -0.39 is 30.6 Å². The number of aromatic nitrogens is 5. The van der Waals surface area contributed by atoms with Crippen molar-refractivity contribution >= 4 is 33.3 Å². The monoisotopic (exact) mass is 485 g/mol. The zero-order chi connectivity index (χ0) is 23.8. The lowest BCUT2D eigenvalue weighted by molar-refractivity contribution is -0.147. The molecule has 1 aliphatic rings. The molecule has 33 heavy (non-hydrogen) atoms. The number of amides is 1. The van der Waals surface area contributed by atoms with Crippen LogP contribution in [-0.2, 0) is 25.7 Å². The van der Waals surface area contributed by atoms with Crippen molar-refractivity contribution in [2.45, 2.75) is 45.1 Å². The number of carbonyl (C=O) groups excluding carboxylic acids is 1. The summed E-state index contributed by atoms with van der Waals surface area (Å²) in [5, 5.41) is 28.6. The summed E-state index contributed by atoms with van der Waals surface area (Å²) in [6.45, 7) is 1.62. The van der Waals surface area contributed by atoms with Gasteiger partial charge in [0.25, 0.3) is 5.91 Å². The Hall–Kier alpha value is -2.84. The number of fused-ring (bicyclic) bond motifs is 2. The molecule has 3 N–H and O–H groups in total. The summed E-state index contributed by atoms with van der Waals surface area (Å²) in [5.74, 6) is -1.21. The van der Waals surface area contributed by atoms with Gasteiger partial charge in [-0.05, 0) is 12.5 Å². The van der Waals surface area contributed by atoms with Gasteiger partial charge < -0.3 is 25.0 Å². The van der Waals surface area contributed by atoms with Gasteiger partial charge in [0.05, 0.1) is 24.6 Å². The van der Waals surface area contributed by atoms with Crippen LogP contribution < -0.4 is 10.2 Å². The molecule has 0 saturated carbocycles. The quantitative estimate of drug-likeness (QED) is 0.458. The molecular weight excluding hydrogens is 463 g/mol. The smallest absolute Gasteiger partial charge is 0.394 e. The highest BCUT2D eigenvalue weighted by Crippen LogP contribution is 2.34. The van der Waals surface area contributed by atoms with Crippen LogP contribution in [0.5, 0.6) is 0 Å². The highest BCUT2D eigenvalue weighted by Gasteiger charge is 2.39. The Kier molecular flexibility index (Phi) is 6.50. The number of nitrogens with one attached hydrogen (secondary N) is 1. The molecule has 0 radical (unpaired) electrons. The molecule has 178 valence electrons. The van der Waals surface area contributed by atoms with Crippen molar-refractivity contribution in [3.8, 4) is 0 Å². The van der Waals surface area contributed by atoms with Gasteiger partial charge in [-0.1, -0.05) is 13.3 Å². The second-order valence-electron chi connectivity index (χ2n) is 7.61. The molecule has 1 unspecified atom stereocenters. The van der Waals surface area contributed by atoms with Crippen LogP contribution in [0.2, 0.25) is 0 Å². The van der Waals surface area contributed by atoms with Crippen LogP contribution in [0, 0.1) is 0 Å². The van der Waals surface area contributed by atoms with E-state index in [9.17, 15) is 23.1 Å². The Balaban J connectivity index is 1.69. The molecule has 3 aromatic rings. The molecule has 0 spiro atoms. The SMILES string of the molecule is CCCc1cc2c(N3CCn4c(nnc4C(F)(F)F)C3)nc(C(=O)NCC(O)CO)nc2s1. The molecule has 0 saturated heterocycles. The molecule has 0 fully saturated rings. The van der Waals surface area contributed by atoms with Gasteiger partial charge in [-0.15, -0.1) is 21.5 Å². The van der Waals surface area contributed by atoms with E-state index in [1.165, 1.54) is 11.3 Å². The number of carbonyl (C=O) groups is 1. The minimum absolute atomic E-state index is 0.0127. The molecular formula is C19H22F3N7O3S. The lowest BCUT2D eigenvalue weighted by Crippen LogP contribution is -2.37. The van der Waals surface area contributed by atoms with Gasteiger partial charge in [-0.2, -0.15) is 13.2 Å². The van der Waals surface area contributed by atoms with Gasteiger partial charge in [-0.3, -0.25) is 4.79 Å². The fourth-order valence-corrected chi connectivity index (χ4v) is 4.69. The zero-order valence-corrected chi connectivity index (χ0v) is 18.4. The molecule has 1 atom stereocenters. The van der Waals surface area contributed by atoms with E-state index in [0.717, 1.165) is 22.3 Å². The van der Waals surface area contributed by atoms with E-state index in [1.54, 1.807) is 4.90 Å². The van der Waals surface area contributed by atoms with Crippen molar-refractivity contribution in [2.75, 3.05) is 24.6 Å². The number of aliphatic hydroxyl groups excluding tert-OH is 2. The Morgan fingerprint density at radius 3 is 2.79 bits per heavy atom. The molecule has 4 rings (SSSR count). The second kappa shape index (κ2) is 9.19. The van der Waals surface area contributed by atoms with E-state index in [0.29, 0.717) is 16.0 Å². The van der Waals surface area contributed by atoms with Gasteiger partial charge in [0.1, 0.15) is 10.6 Å². The average molecular weight is 485 g/mol. The van der Waals surface area contributed by atoms with E-state index in [4.69, 9.17) is 5.11 Å². The highest BCUT2D eigenvalue weighted by atomic mass is 32.1. The van der Waals surface area contributed by atoms with Crippen molar-refractivity contribution in [3.63, 3.8) is 0 Å². The van der Waals surface area contributed by atoms with Crippen molar-refractivity contribution in [1.82, 2.24) is 30.0 Å². The normalized spacial score (nSPS) is 15.0. The number of nitrogens with zero attached hydrogens (tertiary/aromatic N) is 6. The van der Waals surface area contributed by atoms with Gasteiger partial charge in [0.15, 0.2) is 5.82 Å². The third kappa shape index (κ3) is 4.77. The van der Waals surface area contributed by atoms with Gasteiger partial charge >= 0.3 is 6.18 Å². The van der Waals surface area contributed by atoms with Crippen LogP contribution in [0.1, 0.15) is 40.5 Å². The third-order valence-electron chi connectivity index (χ3n) is 5.14. The molecule has 3 aromatic heterocycles. The van der Waals surface area contributed by atoms with Crippen LogP contribution in [0.25, 0.3) is 10.2 Å². The lowest BCUT2D eigenvalue weighted by atomic mass is 10.2. The van der Waals surface area contributed by atoms with E-state index in [-0.39, 0.29) is 37.8 Å². The maximum absolute atomic E-state index is 13.2. The average Bonchev–Trinajstić information content (AvgIpc) is 3.39. The minimum Gasteiger partial charge on any atom is -0.394 e. The largest absolute Gasteiger partial charge is 0.451 e. The first-order valence-electron chi connectivity index (χ1n) is 10.3. The van der Waals surface area contributed by atoms with Crippen molar-refractivity contribution in [3.05, 3.63) is 28.4 Å². The molecule has 1 aliphatic heterocycles. The maximum Gasteiger partial charge on any atom is 0.451 e. The number of anilines is 1. The van der Waals surface area contributed by atoms with Crippen LogP contribution in [0.15, 0.2) is 6.07 Å². The molecule has 14 heteroatoms. The van der Waals surface area contributed by atoms with E-state index in [1.807, 2.05) is 13.0 Å². The van der Waals surface area contributed by atoms with Crippen molar-refractivity contribution < 1.29 is 28.2 Å². The fourth-order valence-electron chi connectivity index (χ4n) is 3.57. The first-order chi connectivity index (χ1) is 15.7. The molecule has 0 aliphatic carbocycles. The van der Waals surface area contributed by atoms with Gasteiger partial charge in [0.2, 0.25) is 11.6 Å². The van der Waals surface area contributed by atoms with Gasteiger partial charge in [0, 0.05) is 24.5 Å². The van der Waals surface area contributed by atoms with Crippen molar-refractivity contribution in [1.29, 1.82) is 0 Å².